The highest BCUT2D eigenvalue weighted by molar-refractivity contribution is 5.85. The Kier molecular flexibility index (Phi) is 4.33. The maximum atomic E-state index is 12.0. The molecule has 1 aromatic heterocycles. The van der Waals surface area contributed by atoms with Gasteiger partial charge in [0.1, 0.15) is 18.1 Å². The van der Waals surface area contributed by atoms with Crippen molar-refractivity contribution < 1.29 is 19.4 Å². The number of nitrogens with one attached hydrogen (secondary N) is 2. The zero-order valence-corrected chi connectivity index (χ0v) is 14.3. The topological polar surface area (TPSA) is 104 Å². The minimum absolute atomic E-state index is 0.00891. The predicted molar refractivity (Wildman–Crippen MR) is 97.5 cm³/mol. The summed E-state index contributed by atoms with van der Waals surface area (Å²) in [5.74, 6) is -0.763. The van der Waals surface area contributed by atoms with Crippen LogP contribution in [0.2, 0.25) is 0 Å². The summed E-state index contributed by atoms with van der Waals surface area (Å²) >= 11 is 0. The van der Waals surface area contributed by atoms with Gasteiger partial charge in [0.2, 0.25) is 0 Å². The maximum absolute atomic E-state index is 12.0. The number of aromatic nitrogens is 2. The monoisotopic (exact) mass is 363 g/mol. The average Bonchev–Trinajstić information content (AvgIpc) is 3.28. The number of fused-ring (bicyclic) bond motifs is 3. The van der Waals surface area contributed by atoms with Gasteiger partial charge in [0.15, 0.2) is 0 Å². The summed E-state index contributed by atoms with van der Waals surface area (Å²) in [4.78, 5) is 29.4. The van der Waals surface area contributed by atoms with Gasteiger partial charge in [-0.3, -0.25) is 0 Å². The van der Waals surface area contributed by atoms with Crippen LogP contribution >= 0.6 is 0 Å². The molecule has 1 aliphatic carbocycles. The Morgan fingerprint density at radius 2 is 1.70 bits per heavy atom. The molecule has 136 valence electrons. The van der Waals surface area contributed by atoms with Gasteiger partial charge in [-0.25, -0.2) is 14.6 Å². The SMILES string of the molecule is O=C(NCc1ncc(C(=O)O)[nH]1)OCC1c2ccccc2-c2ccccc21. The van der Waals surface area contributed by atoms with E-state index in [1.807, 2.05) is 24.3 Å². The summed E-state index contributed by atoms with van der Waals surface area (Å²) in [5.41, 5.74) is 4.59. The maximum Gasteiger partial charge on any atom is 0.407 e. The Morgan fingerprint density at radius 1 is 1.07 bits per heavy atom. The number of nitrogens with zero attached hydrogens (tertiary/aromatic N) is 1. The van der Waals surface area contributed by atoms with Crippen molar-refractivity contribution in [2.24, 2.45) is 0 Å². The van der Waals surface area contributed by atoms with Gasteiger partial charge in [0, 0.05) is 5.92 Å². The van der Waals surface area contributed by atoms with Crippen LogP contribution in [0.1, 0.15) is 33.4 Å². The van der Waals surface area contributed by atoms with Crippen molar-refractivity contribution in [3.63, 3.8) is 0 Å². The largest absolute Gasteiger partial charge is 0.477 e. The number of amides is 1. The van der Waals surface area contributed by atoms with Crippen molar-refractivity contribution in [3.8, 4) is 11.1 Å². The van der Waals surface area contributed by atoms with Crippen LogP contribution in [0.15, 0.2) is 54.7 Å². The lowest BCUT2D eigenvalue weighted by Crippen LogP contribution is -2.26. The second-order valence-corrected chi connectivity index (χ2v) is 6.23. The lowest BCUT2D eigenvalue weighted by atomic mass is 9.98. The van der Waals surface area contributed by atoms with Crippen molar-refractivity contribution in [3.05, 3.63) is 77.4 Å². The summed E-state index contributed by atoms with van der Waals surface area (Å²) in [5, 5.41) is 11.4. The first kappa shape index (κ1) is 16.8. The number of aromatic carboxylic acids is 1. The van der Waals surface area contributed by atoms with Crippen LogP contribution < -0.4 is 5.32 Å². The van der Waals surface area contributed by atoms with Crippen molar-refractivity contribution in [1.29, 1.82) is 0 Å². The summed E-state index contributed by atoms with van der Waals surface area (Å²) in [6.45, 7) is 0.280. The highest BCUT2D eigenvalue weighted by Gasteiger charge is 2.28. The molecule has 27 heavy (non-hydrogen) atoms. The third-order valence-corrected chi connectivity index (χ3v) is 4.60. The van der Waals surface area contributed by atoms with Gasteiger partial charge in [0.25, 0.3) is 0 Å². The Hall–Kier alpha value is -3.61. The number of benzene rings is 2. The molecule has 7 heteroatoms. The van der Waals surface area contributed by atoms with E-state index < -0.39 is 12.1 Å². The molecule has 0 unspecified atom stereocenters. The molecule has 3 aromatic rings. The smallest absolute Gasteiger partial charge is 0.407 e. The summed E-state index contributed by atoms with van der Waals surface area (Å²) in [7, 11) is 0. The number of carbonyl (C=O) groups excluding carboxylic acids is 1. The first-order valence-corrected chi connectivity index (χ1v) is 8.49. The molecule has 7 nitrogen and oxygen atoms in total. The van der Waals surface area contributed by atoms with E-state index in [1.54, 1.807) is 0 Å². The number of imidazole rings is 1. The first-order valence-electron chi connectivity index (χ1n) is 8.49. The minimum Gasteiger partial charge on any atom is -0.477 e. The summed E-state index contributed by atoms with van der Waals surface area (Å²) in [6, 6.07) is 16.2. The van der Waals surface area contributed by atoms with Crippen LogP contribution in [0.5, 0.6) is 0 Å². The van der Waals surface area contributed by atoms with E-state index in [1.165, 1.54) is 17.3 Å². The second-order valence-electron chi connectivity index (χ2n) is 6.23. The van der Waals surface area contributed by atoms with E-state index in [9.17, 15) is 9.59 Å². The van der Waals surface area contributed by atoms with Gasteiger partial charge in [-0.1, -0.05) is 48.5 Å². The molecule has 3 N–H and O–H groups in total. The molecule has 0 saturated carbocycles. The molecular weight excluding hydrogens is 346 g/mol. The normalized spacial score (nSPS) is 12.3. The van der Waals surface area contributed by atoms with Crippen molar-refractivity contribution in [1.82, 2.24) is 15.3 Å². The highest BCUT2D eigenvalue weighted by Crippen LogP contribution is 2.44. The molecular formula is C20H17N3O4. The molecule has 0 spiro atoms. The number of carboxylic acid groups (broad SMARTS) is 1. The molecule has 0 aliphatic heterocycles. The average molecular weight is 363 g/mol. The molecule has 1 amide bonds. The molecule has 0 atom stereocenters. The zero-order chi connectivity index (χ0) is 18.8. The molecule has 0 radical (unpaired) electrons. The standard InChI is InChI=1S/C20H17N3O4/c24-19(25)17-9-21-18(23-17)10-22-20(26)27-11-16-14-7-3-1-5-12(14)13-6-2-4-8-15(13)16/h1-9,16H,10-11H2,(H,21,23)(H,22,26)(H,24,25). The number of hydrogen-bond acceptors (Lipinski definition) is 4. The molecule has 0 bridgehead atoms. The van der Waals surface area contributed by atoms with Crippen molar-refractivity contribution in [2.75, 3.05) is 6.61 Å². The number of alkyl carbamates (subject to hydrolysis) is 1. The van der Waals surface area contributed by atoms with Gasteiger partial charge in [-0.05, 0) is 22.3 Å². The van der Waals surface area contributed by atoms with Crippen molar-refractivity contribution in [2.45, 2.75) is 12.5 Å². The predicted octanol–water partition coefficient (Wildman–Crippen LogP) is 3.15. The first-order chi connectivity index (χ1) is 13.1. The van der Waals surface area contributed by atoms with E-state index in [4.69, 9.17) is 9.84 Å². The van der Waals surface area contributed by atoms with Gasteiger partial charge in [-0.15, -0.1) is 0 Å². The Bertz CT molecular complexity index is 966. The van der Waals surface area contributed by atoms with E-state index in [-0.39, 0.29) is 24.8 Å². The fourth-order valence-electron chi connectivity index (χ4n) is 3.37. The third-order valence-electron chi connectivity index (χ3n) is 4.60. The molecule has 0 saturated heterocycles. The quantitative estimate of drug-likeness (QED) is 0.646. The second kappa shape index (κ2) is 6.95. The Labute approximate surface area is 155 Å². The Balaban J connectivity index is 1.39. The number of carboxylic acids is 1. The molecule has 1 heterocycles. The van der Waals surface area contributed by atoms with Crippen molar-refractivity contribution >= 4 is 12.1 Å². The summed E-state index contributed by atoms with van der Waals surface area (Å²) < 4.78 is 5.41. The van der Waals surface area contributed by atoms with Crippen LogP contribution in [0.25, 0.3) is 11.1 Å². The lowest BCUT2D eigenvalue weighted by molar-refractivity contribution is 0.0691. The van der Waals surface area contributed by atoms with E-state index >= 15 is 0 Å². The van der Waals surface area contributed by atoms with E-state index in [0.717, 1.165) is 11.1 Å². The number of rotatable bonds is 5. The fourth-order valence-corrected chi connectivity index (χ4v) is 3.37. The van der Waals surface area contributed by atoms with Crippen LogP contribution in [0, 0.1) is 0 Å². The molecule has 0 fully saturated rings. The summed E-state index contributed by atoms with van der Waals surface area (Å²) in [6.07, 6.45) is 0.627. The van der Waals surface area contributed by atoms with Crippen LogP contribution in [-0.4, -0.2) is 33.7 Å². The Morgan fingerprint density at radius 3 is 2.30 bits per heavy atom. The van der Waals surface area contributed by atoms with Gasteiger partial charge < -0.3 is 20.1 Å². The number of ether oxygens (including phenoxy) is 1. The van der Waals surface area contributed by atoms with Crippen LogP contribution in [0.4, 0.5) is 4.79 Å². The number of carbonyl (C=O) groups is 2. The lowest BCUT2D eigenvalue weighted by Gasteiger charge is -2.14. The van der Waals surface area contributed by atoms with Gasteiger partial charge in [-0.2, -0.15) is 0 Å². The molecule has 4 rings (SSSR count). The fraction of sp³-hybridized carbons (Fsp3) is 0.150. The zero-order valence-electron chi connectivity index (χ0n) is 14.3. The number of hydrogen-bond donors (Lipinski definition) is 3. The van der Waals surface area contributed by atoms with Crippen LogP contribution in [0.3, 0.4) is 0 Å². The van der Waals surface area contributed by atoms with E-state index in [2.05, 4.69) is 39.6 Å². The highest BCUT2D eigenvalue weighted by atomic mass is 16.5. The molecule has 2 aromatic carbocycles. The van der Waals surface area contributed by atoms with Crippen LogP contribution in [-0.2, 0) is 11.3 Å². The van der Waals surface area contributed by atoms with E-state index in [0.29, 0.717) is 5.82 Å². The number of aromatic amines is 1. The third kappa shape index (κ3) is 3.27. The molecule has 1 aliphatic rings. The van der Waals surface area contributed by atoms with Gasteiger partial charge in [0.05, 0.1) is 12.7 Å². The number of H-pyrrole nitrogens is 1. The minimum atomic E-state index is -1.10. The van der Waals surface area contributed by atoms with Gasteiger partial charge >= 0.3 is 12.1 Å².